The van der Waals surface area contributed by atoms with Crippen molar-refractivity contribution in [2.24, 2.45) is 0 Å². The molecule has 124 valence electrons. The Balaban J connectivity index is 1.98. The van der Waals surface area contributed by atoms with Gasteiger partial charge in [-0.3, -0.25) is 0 Å². The summed E-state index contributed by atoms with van der Waals surface area (Å²) in [6.07, 6.45) is 1.49. The lowest BCUT2D eigenvalue weighted by atomic mass is 9.97. The molecule has 3 aromatic heterocycles. The van der Waals surface area contributed by atoms with Crippen LogP contribution in [0, 0.1) is 0 Å². The molecule has 0 saturated carbocycles. The molecule has 0 aliphatic carbocycles. The van der Waals surface area contributed by atoms with Crippen molar-refractivity contribution in [1.29, 1.82) is 0 Å². The summed E-state index contributed by atoms with van der Waals surface area (Å²) in [5.74, 6) is 0. The molecule has 0 radical (unpaired) electrons. The molecule has 2 aromatic carbocycles. The van der Waals surface area contributed by atoms with E-state index in [1.165, 1.54) is 17.7 Å². The predicted octanol–water partition coefficient (Wildman–Crippen LogP) is 5.62. The van der Waals surface area contributed by atoms with Gasteiger partial charge >= 0.3 is 0 Å². The number of aromatic nitrogens is 4. The molecule has 0 aliphatic rings. The molecule has 4 nitrogen and oxygen atoms in total. The van der Waals surface area contributed by atoms with Crippen LogP contribution in [0.15, 0.2) is 67.0 Å². The number of hydrogen-bond acceptors (Lipinski definition) is 5. The van der Waals surface area contributed by atoms with Crippen molar-refractivity contribution >= 4 is 43.4 Å². The number of benzene rings is 2. The Morgan fingerprint density at radius 3 is 2.19 bits per heavy atom. The van der Waals surface area contributed by atoms with Gasteiger partial charge in [-0.2, -0.15) is 0 Å². The molecule has 6 heteroatoms. The number of hydrogen-bond donors (Lipinski definition) is 0. The quantitative estimate of drug-likeness (QED) is 0.376. The van der Waals surface area contributed by atoms with Gasteiger partial charge in [-0.15, -0.1) is 21.5 Å². The lowest BCUT2D eigenvalue weighted by Gasteiger charge is -2.10. The van der Waals surface area contributed by atoms with E-state index in [1.807, 2.05) is 48.5 Å². The molecular weight excluding hydrogens is 364 g/mol. The minimum atomic E-state index is 0.443. The Bertz CT molecular complexity index is 1240. The van der Waals surface area contributed by atoms with Crippen LogP contribution in [0.1, 0.15) is 0 Å². The summed E-state index contributed by atoms with van der Waals surface area (Å²) < 4.78 is 0.834. The monoisotopic (exact) mass is 374 g/mol. The summed E-state index contributed by atoms with van der Waals surface area (Å²) >= 11 is 7.77. The topological polar surface area (TPSA) is 51.6 Å². The maximum Gasteiger partial charge on any atom is 0.150 e. The van der Waals surface area contributed by atoms with Gasteiger partial charge < -0.3 is 0 Å². The van der Waals surface area contributed by atoms with Crippen LogP contribution >= 0.6 is 22.9 Å². The molecule has 0 unspecified atom stereocenters. The van der Waals surface area contributed by atoms with E-state index in [1.54, 1.807) is 0 Å². The van der Waals surface area contributed by atoms with E-state index in [9.17, 15) is 0 Å². The summed E-state index contributed by atoms with van der Waals surface area (Å²) in [6, 6.07) is 20.3. The Kier molecular flexibility index (Phi) is 3.62. The molecule has 5 aromatic rings. The van der Waals surface area contributed by atoms with Crippen LogP contribution in [0.25, 0.3) is 42.8 Å². The van der Waals surface area contributed by atoms with Crippen molar-refractivity contribution < 1.29 is 0 Å². The lowest BCUT2D eigenvalue weighted by Crippen LogP contribution is -1.94. The Morgan fingerprint density at radius 2 is 1.46 bits per heavy atom. The van der Waals surface area contributed by atoms with Gasteiger partial charge in [0.05, 0.1) is 10.2 Å². The van der Waals surface area contributed by atoms with E-state index in [0.717, 1.165) is 42.8 Å². The number of rotatable bonds is 2. The molecule has 0 atom stereocenters. The first-order valence-electron chi connectivity index (χ1n) is 8.03. The van der Waals surface area contributed by atoms with Gasteiger partial charge in [-0.25, -0.2) is 9.97 Å². The van der Waals surface area contributed by atoms with Gasteiger partial charge in [-0.05, 0) is 5.56 Å². The fourth-order valence-electron chi connectivity index (χ4n) is 3.11. The van der Waals surface area contributed by atoms with Crippen molar-refractivity contribution in [2.45, 2.75) is 0 Å². The van der Waals surface area contributed by atoms with Crippen LogP contribution < -0.4 is 0 Å². The maximum atomic E-state index is 6.29. The van der Waals surface area contributed by atoms with Crippen LogP contribution in [0.2, 0.25) is 5.15 Å². The highest BCUT2D eigenvalue weighted by Gasteiger charge is 2.20. The van der Waals surface area contributed by atoms with Crippen LogP contribution in [0.3, 0.4) is 0 Å². The molecule has 0 aliphatic heterocycles. The molecule has 26 heavy (non-hydrogen) atoms. The van der Waals surface area contributed by atoms with Crippen molar-refractivity contribution in [3.63, 3.8) is 0 Å². The largest absolute Gasteiger partial charge is 0.235 e. The molecule has 3 heterocycles. The standard InChI is InChI=1S/C20H11ClN4S/c21-19-18-17(22-11-23-19)15-14(12-7-3-1-4-8-12)16(24-25-20(15)26-18)13-9-5-2-6-10-13/h1-11H. The van der Waals surface area contributed by atoms with Crippen LogP contribution in [-0.4, -0.2) is 20.2 Å². The zero-order chi connectivity index (χ0) is 17.5. The Morgan fingerprint density at radius 1 is 0.769 bits per heavy atom. The zero-order valence-corrected chi connectivity index (χ0v) is 15.0. The minimum Gasteiger partial charge on any atom is -0.235 e. The highest BCUT2D eigenvalue weighted by molar-refractivity contribution is 7.26. The van der Waals surface area contributed by atoms with Crippen molar-refractivity contribution in [3.8, 4) is 22.4 Å². The minimum absolute atomic E-state index is 0.443. The molecule has 0 N–H and O–H groups in total. The predicted molar refractivity (Wildman–Crippen MR) is 106 cm³/mol. The number of thiophene rings is 1. The SMILES string of the molecule is Clc1ncnc2c1sc1nnc(-c3ccccc3)c(-c3ccccc3)c12. The third-order valence-electron chi connectivity index (χ3n) is 4.25. The molecule has 5 rings (SSSR count). The average molecular weight is 375 g/mol. The molecular formula is C20H11ClN4S. The molecule has 0 fully saturated rings. The third-order valence-corrected chi connectivity index (χ3v) is 5.72. The number of nitrogens with zero attached hydrogens (tertiary/aromatic N) is 4. The van der Waals surface area contributed by atoms with Crippen molar-refractivity contribution in [3.05, 3.63) is 72.1 Å². The fourth-order valence-corrected chi connectivity index (χ4v) is 4.33. The summed E-state index contributed by atoms with van der Waals surface area (Å²) in [5, 5.41) is 10.4. The number of fused-ring (bicyclic) bond motifs is 3. The van der Waals surface area contributed by atoms with Gasteiger partial charge in [0, 0.05) is 16.5 Å². The van der Waals surface area contributed by atoms with Crippen molar-refractivity contribution in [2.75, 3.05) is 0 Å². The summed E-state index contributed by atoms with van der Waals surface area (Å²) in [6.45, 7) is 0. The summed E-state index contributed by atoms with van der Waals surface area (Å²) in [4.78, 5) is 9.41. The first-order chi connectivity index (χ1) is 12.8. The van der Waals surface area contributed by atoms with Gasteiger partial charge in [0.15, 0.2) is 0 Å². The summed E-state index contributed by atoms with van der Waals surface area (Å²) in [5.41, 5.74) is 4.75. The van der Waals surface area contributed by atoms with E-state index in [2.05, 4.69) is 32.3 Å². The molecule has 0 amide bonds. The second kappa shape index (κ2) is 6.12. The average Bonchev–Trinajstić information content (AvgIpc) is 3.09. The van der Waals surface area contributed by atoms with Gasteiger partial charge in [0.1, 0.15) is 22.0 Å². The van der Waals surface area contributed by atoms with E-state index in [-0.39, 0.29) is 0 Å². The van der Waals surface area contributed by atoms with E-state index < -0.39 is 0 Å². The highest BCUT2D eigenvalue weighted by atomic mass is 35.5. The zero-order valence-electron chi connectivity index (χ0n) is 13.4. The van der Waals surface area contributed by atoms with Crippen LogP contribution in [-0.2, 0) is 0 Å². The molecule has 0 bridgehead atoms. The number of halogens is 1. The maximum absolute atomic E-state index is 6.29. The normalized spacial score (nSPS) is 11.3. The second-order valence-corrected chi connectivity index (χ2v) is 7.14. The van der Waals surface area contributed by atoms with E-state index in [0.29, 0.717) is 5.15 Å². The van der Waals surface area contributed by atoms with Gasteiger partial charge in [0.2, 0.25) is 0 Å². The first-order valence-corrected chi connectivity index (χ1v) is 9.22. The second-order valence-electron chi connectivity index (χ2n) is 5.78. The van der Waals surface area contributed by atoms with Gasteiger partial charge in [-0.1, -0.05) is 72.3 Å². The third kappa shape index (κ3) is 2.36. The van der Waals surface area contributed by atoms with E-state index >= 15 is 0 Å². The Labute approximate surface area is 158 Å². The molecule has 0 spiro atoms. The molecule has 0 saturated heterocycles. The van der Waals surface area contributed by atoms with Crippen molar-refractivity contribution in [1.82, 2.24) is 20.2 Å². The smallest absolute Gasteiger partial charge is 0.150 e. The van der Waals surface area contributed by atoms with E-state index in [4.69, 9.17) is 11.6 Å². The van der Waals surface area contributed by atoms with Crippen LogP contribution in [0.5, 0.6) is 0 Å². The first kappa shape index (κ1) is 15.4. The lowest BCUT2D eigenvalue weighted by molar-refractivity contribution is 1.09. The van der Waals surface area contributed by atoms with Crippen LogP contribution in [0.4, 0.5) is 0 Å². The fraction of sp³-hybridized carbons (Fsp3) is 0. The highest BCUT2D eigenvalue weighted by Crippen LogP contribution is 2.43. The summed E-state index contributed by atoms with van der Waals surface area (Å²) in [7, 11) is 0. The van der Waals surface area contributed by atoms with Gasteiger partial charge in [0.25, 0.3) is 0 Å². The Hall–Kier alpha value is -2.89.